The molecule has 2 aliphatic heterocycles. The first-order valence-electron chi connectivity index (χ1n) is 27.5. The lowest BCUT2D eigenvalue weighted by molar-refractivity contribution is -0.144. The topological polar surface area (TPSA) is 250 Å². The first-order valence-corrected chi connectivity index (χ1v) is 28.8. The lowest BCUT2D eigenvalue weighted by Gasteiger charge is -2.36. The van der Waals surface area contributed by atoms with Crippen LogP contribution >= 0.6 is 22.9 Å². The lowest BCUT2D eigenvalue weighted by Crippen LogP contribution is -2.58. The minimum Gasteiger partial charge on any atom is -0.507 e. The molecular formula is C58H75ClF2N10O11S. The Kier molecular flexibility index (Phi) is 21.6. The fraction of sp³-hybridized carbons (Fsp3) is 0.517. The summed E-state index contributed by atoms with van der Waals surface area (Å²) >= 11 is 8.17. The number of carbonyl (C=O) groups is 5. The second-order valence-corrected chi connectivity index (χ2v) is 23.8. The fourth-order valence-corrected chi connectivity index (χ4v) is 10.6. The molecule has 2 saturated heterocycles. The summed E-state index contributed by atoms with van der Waals surface area (Å²) in [6, 6.07) is 10.5. The van der Waals surface area contributed by atoms with Crippen LogP contribution < -0.4 is 20.9 Å². The molecule has 0 radical (unpaired) electrons. The third-order valence-electron chi connectivity index (χ3n) is 14.0. The number of anilines is 2. The van der Waals surface area contributed by atoms with E-state index in [1.165, 1.54) is 28.0 Å². The van der Waals surface area contributed by atoms with E-state index in [1.807, 2.05) is 43.0 Å². The molecule has 2 aromatic heterocycles. The number of rotatable bonds is 23. The molecule has 2 fully saturated rings. The van der Waals surface area contributed by atoms with Gasteiger partial charge in [0, 0.05) is 76.7 Å². The molecular weight excluding hydrogens is 1120 g/mol. The number of amides is 5. The number of likely N-dealkylation sites (tertiary alicyclic amines) is 1. The van der Waals surface area contributed by atoms with Crippen molar-refractivity contribution in [2.75, 3.05) is 103 Å². The fourth-order valence-electron chi connectivity index (χ4n) is 9.54. The number of aliphatic hydroxyl groups excluding tert-OH is 1. The zero-order chi connectivity index (χ0) is 60.3. The van der Waals surface area contributed by atoms with Crippen LogP contribution in [-0.4, -0.2) is 186 Å². The van der Waals surface area contributed by atoms with Gasteiger partial charge in [0.25, 0.3) is 0 Å². The molecule has 5 N–H and O–H groups in total. The maximum absolute atomic E-state index is 16.6. The largest absolute Gasteiger partial charge is 0.507 e. The standard InChI is InChI=1S/C58H75ClF2N10O11S/c1-34(36-13-15-37(16-14-36)50-35(2)63-33-83-50)64-53(76)42-29-38(72)31-71(42)54(77)51(57(3,4)5)65-44(74)32-81-28-27-80-26-25-79-24-23-68(9)45(75)17-18-62-55-66-49-39(30-40(59)46(48(49)61)47-41(60)11-10-12-43(47)73)52(67-55)69-19-21-70(22-20-69)56(78)82-58(6,7)8/h10-16,30,33-34,38,42,51,72-73H,17-29,31-32H2,1-9H3,(H,64,76)(H,65,74)(H,62,66,67)/t34?,38-,42+,51?/m1/s1. The molecule has 5 amide bonds. The number of aliphatic hydroxyl groups is 1. The van der Waals surface area contributed by atoms with Crippen LogP contribution in [-0.2, 0) is 38.1 Å². The van der Waals surface area contributed by atoms with Gasteiger partial charge in [-0.25, -0.2) is 23.5 Å². The summed E-state index contributed by atoms with van der Waals surface area (Å²) in [6.07, 6.45) is -1.33. The van der Waals surface area contributed by atoms with E-state index >= 15 is 8.78 Å². The number of ether oxygens (including phenoxy) is 4. The Morgan fingerprint density at radius 1 is 0.904 bits per heavy atom. The van der Waals surface area contributed by atoms with Gasteiger partial charge in [0.2, 0.25) is 29.6 Å². The van der Waals surface area contributed by atoms with E-state index in [0.29, 0.717) is 13.1 Å². The van der Waals surface area contributed by atoms with E-state index in [2.05, 4.69) is 25.9 Å². The van der Waals surface area contributed by atoms with Crippen molar-refractivity contribution in [2.24, 2.45) is 5.41 Å². The van der Waals surface area contributed by atoms with Crippen molar-refractivity contribution in [1.29, 1.82) is 0 Å². The van der Waals surface area contributed by atoms with Gasteiger partial charge in [-0.1, -0.05) is 62.7 Å². The van der Waals surface area contributed by atoms with Crippen molar-refractivity contribution in [1.82, 2.24) is 40.3 Å². The number of fused-ring (bicyclic) bond motifs is 1. The lowest BCUT2D eigenvalue weighted by atomic mass is 9.85. The Balaban J connectivity index is 0.820. The highest BCUT2D eigenvalue weighted by Gasteiger charge is 2.45. The predicted molar refractivity (Wildman–Crippen MR) is 311 cm³/mol. The molecule has 7 rings (SSSR count). The molecule has 0 aliphatic carbocycles. The van der Waals surface area contributed by atoms with E-state index in [0.717, 1.165) is 27.8 Å². The highest BCUT2D eigenvalue weighted by molar-refractivity contribution is 7.13. The minimum absolute atomic E-state index is 0.000901. The summed E-state index contributed by atoms with van der Waals surface area (Å²) in [7, 11) is 1.62. The summed E-state index contributed by atoms with van der Waals surface area (Å²) in [4.78, 5) is 87.6. The van der Waals surface area contributed by atoms with E-state index in [4.69, 9.17) is 35.5 Å². The van der Waals surface area contributed by atoms with Crippen LogP contribution in [0.15, 0.2) is 54.0 Å². The van der Waals surface area contributed by atoms with Gasteiger partial charge in [-0.15, -0.1) is 11.3 Å². The number of aromatic hydroxyl groups is 1. The number of nitrogens with one attached hydrogen (secondary N) is 3. The normalized spacial score (nSPS) is 16.4. The van der Waals surface area contributed by atoms with Crippen molar-refractivity contribution >= 4 is 75.3 Å². The van der Waals surface area contributed by atoms with E-state index in [9.17, 15) is 34.2 Å². The number of benzene rings is 3. The van der Waals surface area contributed by atoms with Crippen LogP contribution in [0.3, 0.4) is 0 Å². The number of hydrogen-bond donors (Lipinski definition) is 5. The van der Waals surface area contributed by atoms with Gasteiger partial charge in [0.05, 0.1) is 71.8 Å². The number of phenolic OH excluding ortho intramolecular Hbond substituents is 1. The summed E-state index contributed by atoms with van der Waals surface area (Å²) in [5.41, 5.74) is 2.17. The molecule has 25 heteroatoms. The average Bonchev–Trinajstić information content (AvgIpc) is 2.55. The molecule has 0 bridgehead atoms. The average molecular weight is 1190 g/mol. The van der Waals surface area contributed by atoms with Crippen LogP contribution in [0.25, 0.3) is 32.5 Å². The minimum atomic E-state index is -1.03. The van der Waals surface area contributed by atoms with Crippen molar-refractivity contribution in [3.63, 3.8) is 0 Å². The number of nitrogens with zero attached hydrogens (tertiary/aromatic N) is 7. The van der Waals surface area contributed by atoms with Crippen molar-refractivity contribution in [3.05, 3.63) is 82.0 Å². The zero-order valence-corrected chi connectivity index (χ0v) is 49.9. The number of phenols is 1. The first kappa shape index (κ1) is 63.7. The van der Waals surface area contributed by atoms with Crippen molar-refractivity contribution in [3.8, 4) is 27.3 Å². The Morgan fingerprint density at radius 3 is 2.22 bits per heavy atom. The van der Waals surface area contributed by atoms with Gasteiger partial charge in [0.1, 0.15) is 47.2 Å². The molecule has 83 heavy (non-hydrogen) atoms. The number of thiazole rings is 1. The predicted octanol–water partition coefficient (Wildman–Crippen LogP) is 7.10. The van der Waals surface area contributed by atoms with Gasteiger partial charge in [-0.3, -0.25) is 19.2 Å². The van der Waals surface area contributed by atoms with Crippen LogP contribution in [0, 0.1) is 24.0 Å². The number of piperazine rings is 1. The van der Waals surface area contributed by atoms with Crippen molar-refractivity contribution in [2.45, 2.75) is 98.1 Å². The number of halogens is 3. The molecule has 4 atom stereocenters. The number of aryl methyl sites for hydroxylation is 1. The van der Waals surface area contributed by atoms with Crippen LogP contribution in [0.2, 0.25) is 5.02 Å². The van der Waals surface area contributed by atoms with Crippen molar-refractivity contribution < 1.29 is 61.9 Å². The van der Waals surface area contributed by atoms with Crippen LogP contribution in [0.4, 0.5) is 25.3 Å². The second-order valence-electron chi connectivity index (χ2n) is 22.6. The van der Waals surface area contributed by atoms with Gasteiger partial charge >= 0.3 is 6.09 Å². The number of carbonyl (C=O) groups excluding carboxylic acids is 5. The molecule has 0 saturated carbocycles. The Labute approximate surface area is 491 Å². The van der Waals surface area contributed by atoms with E-state index in [-0.39, 0.29) is 130 Å². The maximum Gasteiger partial charge on any atom is 0.410 e. The quantitative estimate of drug-likeness (QED) is 0.0409. The molecule has 450 valence electrons. The third-order valence-corrected chi connectivity index (χ3v) is 15.3. The summed E-state index contributed by atoms with van der Waals surface area (Å²) in [5.74, 6) is -3.81. The van der Waals surface area contributed by atoms with Gasteiger partial charge in [-0.05, 0) is 69.4 Å². The number of β-amino-alcohol motifs (C(OH)–C–C–N with tert-alkyl or cyclic N) is 1. The van der Waals surface area contributed by atoms with Gasteiger partial charge in [0.15, 0.2) is 5.82 Å². The molecule has 3 aromatic carbocycles. The molecule has 0 spiro atoms. The smallest absolute Gasteiger partial charge is 0.410 e. The molecule has 4 heterocycles. The molecule has 2 aliphatic rings. The monoisotopic (exact) mass is 1190 g/mol. The van der Waals surface area contributed by atoms with Crippen LogP contribution in [0.1, 0.15) is 78.6 Å². The van der Waals surface area contributed by atoms with Crippen LogP contribution in [0.5, 0.6) is 5.75 Å². The number of likely N-dealkylation sites (N-methyl/N-ethyl adjacent to an activating group) is 1. The highest BCUT2D eigenvalue weighted by atomic mass is 35.5. The second kappa shape index (κ2) is 28.2. The SMILES string of the molecule is Cc1ncsc1-c1ccc(C(C)NC(=O)[C@@H]2C[C@@H](O)CN2C(=O)C(NC(=O)COCCOCCOCCN(C)C(=O)CCNc2nc(N3CCN(C(=O)OC(C)(C)C)CC3)c3cc(Cl)c(-c4c(O)cccc4F)c(F)c3n2)C(C)(C)C)cc1. The maximum atomic E-state index is 16.6. The Hall–Kier alpha value is -6.83. The molecule has 2 unspecified atom stereocenters. The van der Waals surface area contributed by atoms with E-state index < -0.39 is 76.0 Å². The van der Waals surface area contributed by atoms with E-state index in [1.54, 1.807) is 70.3 Å². The summed E-state index contributed by atoms with van der Waals surface area (Å²) < 4.78 is 54.1. The Bertz CT molecular complexity index is 3080. The first-order chi connectivity index (χ1) is 39.3. The highest BCUT2D eigenvalue weighted by Crippen LogP contribution is 2.43. The number of aromatic nitrogens is 3. The Morgan fingerprint density at radius 2 is 1.58 bits per heavy atom. The van der Waals surface area contributed by atoms with Gasteiger partial charge in [-0.2, -0.15) is 4.98 Å². The number of hydrogen-bond acceptors (Lipinski definition) is 17. The summed E-state index contributed by atoms with van der Waals surface area (Å²) in [6.45, 7) is 16.4. The summed E-state index contributed by atoms with van der Waals surface area (Å²) in [5, 5.41) is 30.0. The third kappa shape index (κ3) is 16.7. The molecule has 5 aromatic rings. The molecule has 21 nitrogen and oxygen atoms in total. The zero-order valence-electron chi connectivity index (χ0n) is 48.4. The van der Waals surface area contributed by atoms with Gasteiger partial charge < -0.3 is 64.7 Å².